The molecule has 150 valence electrons. The number of benzene rings is 1. The zero-order chi connectivity index (χ0) is 20.0. The van der Waals surface area contributed by atoms with Gasteiger partial charge in [0, 0.05) is 24.3 Å². The van der Waals surface area contributed by atoms with E-state index in [0.717, 1.165) is 54.7 Å². The molecular weight excluding hydrogens is 368 g/mol. The summed E-state index contributed by atoms with van der Waals surface area (Å²) in [6.07, 6.45) is 5.70. The van der Waals surface area contributed by atoms with Crippen molar-refractivity contribution in [3.8, 4) is 5.75 Å². The van der Waals surface area contributed by atoms with Gasteiger partial charge in [-0.3, -0.25) is 14.3 Å². The maximum atomic E-state index is 13.2. The summed E-state index contributed by atoms with van der Waals surface area (Å²) < 4.78 is 7.76. The van der Waals surface area contributed by atoms with E-state index in [-0.39, 0.29) is 17.6 Å². The molecule has 2 aliphatic rings. The molecule has 0 spiro atoms. The number of fused-ring (bicyclic) bond motifs is 1. The van der Waals surface area contributed by atoms with E-state index in [1.165, 1.54) is 0 Å². The van der Waals surface area contributed by atoms with Crippen molar-refractivity contribution in [1.29, 1.82) is 0 Å². The number of nitrogens with zero attached hydrogens (tertiary/aromatic N) is 3. The van der Waals surface area contributed by atoms with Crippen LogP contribution in [-0.2, 0) is 0 Å². The normalized spacial score (nSPS) is 19.1. The molecule has 0 radical (unpaired) electrons. The molecule has 2 fully saturated rings. The Morgan fingerprint density at radius 1 is 1.28 bits per heavy atom. The van der Waals surface area contributed by atoms with Crippen molar-refractivity contribution in [3.63, 3.8) is 0 Å². The minimum atomic E-state index is -0.0913. The van der Waals surface area contributed by atoms with Crippen LogP contribution in [0.15, 0.2) is 41.3 Å². The predicted octanol–water partition coefficient (Wildman–Crippen LogP) is 3.05. The lowest BCUT2D eigenvalue weighted by molar-refractivity contribution is 0.0691. The Balaban J connectivity index is 1.35. The van der Waals surface area contributed by atoms with E-state index >= 15 is 0 Å². The summed E-state index contributed by atoms with van der Waals surface area (Å²) in [5, 5.41) is 0. The number of carbonyl (C=O) groups excluding carboxylic acids is 1. The van der Waals surface area contributed by atoms with Gasteiger partial charge in [0.05, 0.1) is 22.8 Å². The Morgan fingerprint density at radius 2 is 2.14 bits per heavy atom. The smallest absolute Gasteiger partial charge is 0.326 e. The number of rotatable bonds is 5. The number of pyridine rings is 1. The topological polar surface area (TPSA) is 80.2 Å². The maximum Gasteiger partial charge on any atom is 0.326 e. The second-order valence-corrected chi connectivity index (χ2v) is 7.96. The number of ether oxygens (including phenoxy) is 1. The molecule has 0 bridgehead atoms. The number of imidazole rings is 1. The lowest BCUT2D eigenvalue weighted by Crippen LogP contribution is -2.39. The lowest BCUT2D eigenvalue weighted by Gasteiger charge is -2.25. The minimum absolute atomic E-state index is 0.0130. The predicted molar refractivity (Wildman–Crippen MR) is 109 cm³/mol. The first-order valence-corrected chi connectivity index (χ1v) is 10.2. The Kier molecular flexibility index (Phi) is 4.38. The summed E-state index contributed by atoms with van der Waals surface area (Å²) in [6, 6.07) is 9.61. The van der Waals surface area contributed by atoms with Crippen LogP contribution in [0.1, 0.15) is 47.8 Å². The van der Waals surface area contributed by atoms with Crippen LogP contribution in [0.3, 0.4) is 0 Å². The molecule has 2 aromatic heterocycles. The molecule has 1 saturated heterocycles. The SMILES string of the molecule is Cc1ncccc1OCC1CCCN1C(=O)c1ccc2c(c1)[nH]c(=O)n2C1CC1. The van der Waals surface area contributed by atoms with Gasteiger partial charge in [0.2, 0.25) is 0 Å². The van der Waals surface area contributed by atoms with Crippen LogP contribution < -0.4 is 10.4 Å². The molecule has 7 heteroatoms. The number of hydrogen-bond donors (Lipinski definition) is 1. The third-order valence-electron chi connectivity index (χ3n) is 5.90. The van der Waals surface area contributed by atoms with Crippen LogP contribution in [0, 0.1) is 6.92 Å². The Hall–Kier alpha value is -3.09. The number of aryl methyl sites for hydroxylation is 1. The summed E-state index contributed by atoms with van der Waals surface area (Å²) in [6.45, 7) is 3.09. The first kappa shape index (κ1) is 18.0. The molecule has 1 aromatic carbocycles. The largest absolute Gasteiger partial charge is 0.490 e. The minimum Gasteiger partial charge on any atom is -0.490 e. The van der Waals surface area contributed by atoms with Gasteiger partial charge in [0.1, 0.15) is 12.4 Å². The van der Waals surface area contributed by atoms with Crippen LogP contribution in [0.2, 0.25) is 0 Å². The second-order valence-electron chi connectivity index (χ2n) is 7.96. The molecule has 7 nitrogen and oxygen atoms in total. The summed E-state index contributed by atoms with van der Waals surface area (Å²) in [4.78, 5) is 34.5. The quantitative estimate of drug-likeness (QED) is 0.724. The molecule has 1 amide bonds. The number of H-pyrrole nitrogens is 1. The summed E-state index contributed by atoms with van der Waals surface area (Å²) in [7, 11) is 0. The highest BCUT2D eigenvalue weighted by Gasteiger charge is 2.31. The zero-order valence-corrected chi connectivity index (χ0v) is 16.4. The van der Waals surface area contributed by atoms with Gasteiger partial charge < -0.3 is 14.6 Å². The molecule has 3 aromatic rings. The van der Waals surface area contributed by atoms with Crippen molar-refractivity contribution in [1.82, 2.24) is 19.4 Å². The third-order valence-corrected chi connectivity index (χ3v) is 5.90. The summed E-state index contributed by atoms with van der Waals surface area (Å²) >= 11 is 0. The lowest BCUT2D eigenvalue weighted by atomic mass is 10.1. The van der Waals surface area contributed by atoms with E-state index < -0.39 is 0 Å². The fraction of sp³-hybridized carbons (Fsp3) is 0.409. The van der Waals surface area contributed by atoms with Crippen LogP contribution in [-0.4, -0.2) is 44.5 Å². The third kappa shape index (κ3) is 3.30. The highest BCUT2D eigenvalue weighted by atomic mass is 16.5. The highest BCUT2D eigenvalue weighted by molar-refractivity contribution is 5.97. The molecule has 1 unspecified atom stereocenters. The Bertz CT molecular complexity index is 1130. The van der Waals surface area contributed by atoms with Crippen LogP contribution in [0.5, 0.6) is 5.75 Å². The van der Waals surface area contributed by atoms with E-state index in [9.17, 15) is 9.59 Å². The van der Waals surface area contributed by atoms with Crippen molar-refractivity contribution < 1.29 is 9.53 Å². The van der Waals surface area contributed by atoms with Gasteiger partial charge in [-0.05, 0) is 62.9 Å². The van der Waals surface area contributed by atoms with Crippen molar-refractivity contribution in [2.45, 2.75) is 44.7 Å². The molecule has 1 aliphatic carbocycles. The van der Waals surface area contributed by atoms with E-state index in [4.69, 9.17) is 4.74 Å². The van der Waals surface area contributed by atoms with Crippen LogP contribution in [0.4, 0.5) is 0 Å². The Morgan fingerprint density at radius 3 is 2.93 bits per heavy atom. The number of aromatic amines is 1. The van der Waals surface area contributed by atoms with Gasteiger partial charge >= 0.3 is 5.69 Å². The van der Waals surface area contributed by atoms with Crippen LogP contribution in [0.25, 0.3) is 11.0 Å². The van der Waals surface area contributed by atoms with Crippen molar-refractivity contribution in [3.05, 3.63) is 58.3 Å². The highest BCUT2D eigenvalue weighted by Crippen LogP contribution is 2.35. The maximum absolute atomic E-state index is 13.2. The van der Waals surface area contributed by atoms with Crippen LogP contribution >= 0.6 is 0 Å². The van der Waals surface area contributed by atoms with E-state index in [0.29, 0.717) is 18.2 Å². The fourth-order valence-electron chi connectivity index (χ4n) is 4.21. The molecule has 1 N–H and O–H groups in total. The monoisotopic (exact) mass is 392 g/mol. The van der Waals surface area contributed by atoms with Crippen molar-refractivity contribution >= 4 is 16.9 Å². The standard InChI is InChI=1S/C22H24N4O3/c1-14-20(5-2-10-23-14)29-13-17-4-3-11-25(17)21(27)15-6-9-19-18(12-15)24-22(28)26(19)16-7-8-16/h2,5-6,9-10,12,16-17H,3-4,7-8,11,13H2,1H3,(H,24,28). The molecule has 1 atom stereocenters. The van der Waals surface area contributed by atoms with Crippen molar-refractivity contribution in [2.24, 2.45) is 0 Å². The average molecular weight is 392 g/mol. The number of likely N-dealkylation sites (tertiary alicyclic amines) is 1. The summed E-state index contributed by atoms with van der Waals surface area (Å²) in [5.74, 6) is 0.744. The van der Waals surface area contributed by atoms with Crippen molar-refractivity contribution in [2.75, 3.05) is 13.2 Å². The first-order chi connectivity index (χ1) is 14.1. The second kappa shape index (κ2) is 7.06. The van der Waals surface area contributed by atoms with Gasteiger partial charge in [0.15, 0.2) is 0 Å². The summed E-state index contributed by atoms with van der Waals surface area (Å²) in [5.41, 5.74) is 2.96. The first-order valence-electron chi connectivity index (χ1n) is 10.2. The van der Waals surface area contributed by atoms with E-state index in [1.807, 2.05) is 40.7 Å². The Labute approximate surface area is 168 Å². The molecule has 1 saturated carbocycles. The zero-order valence-electron chi connectivity index (χ0n) is 16.4. The van der Waals surface area contributed by atoms with Gasteiger partial charge in [0.25, 0.3) is 5.91 Å². The van der Waals surface area contributed by atoms with Gasteiger partial charge in [-0.2, -0.15) is 0 Å². The number of aromatic nitrogens is 3. The average Bonchev–Trinajstić information content (AvgIpc) is 3.34. The number of nitrogens with one attached hydrogen (secondary N) is 1. The van der Waals surface area contributed by atoms with Gasteiger partial charge in [-0.1, -0.05) is 0 Å². The van der Waals surface area contributed by atoms with E-state index in [1.54, 1.807) is 12.3 Å². The molecule has 29 heavy (non-hydrogen) atoms. The number of carbonyl (C=O) groups is 1. The van der Waals surface area contributed by atoms with Gasteiger partial charge in [-0.15, -0.1) is 0 Å². The number of hydrogen-bond acceptors (Lipinski definition) is 4. The molecular formula is C22H24N4O3. The van der Waals surface area contributed by atoms with Gasteiger partial charge in [-0.25, -0.2) is 4.79 Å². The molecule has 3 heterocycles. The molecule has 5 rings (SSSR count). The number of amides is 1. The molecule has 1 aliphatic heterocycles. The fourth-order valence-corrected chi connectivity index (χ4v) is 4.21. The van der Waals surface area contributed by atoms with E-state index in [2.05, 4.69) is 9.97 Å².